The second kappa shape index (κ2) is 6.86. The minimum atomic E-state index is -0.710. The molecular formula is C17H27NOS. The zero-order valence-electron chi connectivity index (χ0n) is 13.2. The number of hydrogen-bond donors (Lipinski definition) is 1. The van der Waals surface area contributed by atoms with Crippen molar-refractivity contribution in [1.82, 2.24) is 5.32 Å². The lowest BCUT2D eigenvalue weighted by molar-refractivity contribution is 0.622. The molecule has 0 amide bonds. The molecule has 0 aromatic heterocycles. The van der Waals surface area contributed by atoms with E-state index in [1.54, 1.807) is 0 Å². The standard InChI is InChI=1S/C17H27NOS/c1-12-9-13(2)17(14(3)10-12)16(18-4)11-20(19)15-7-5-6-8-15/h9-10,15-16,18H,5-8,11H2,1-4H3. The Balaban J connectivity index is 2.17. The molecular weight excluding hydrogens is 266 g/mol. The van der Waals surface area contributed by atoms with Crippen LogP contribution in [0.2, 0.25) is 0 Å². The van der Waals surface area contributed by atoms with Gasteiger partial charge in [-0.1, -0.05) is 30.5 Å². The van der Waals surface area contributed by atoms with Crippen LogP contribution in [0.25, 0.3) is 0 Å². The zero-order chi connectivity index (χ0) is 14.7. The van der Waals surface area contributed by atoms with E-state index in [0.29, 0.717) is 5.25 Å². The maximum atomic E-state index is 12.5. The molecule has 0 spiro atoms. The lowest BCUT2D eigenvalue weighted by Gasteiger charge is -2.23. The molecule has 2 unspecified atom stereocenters. The Morgan fingerprint density at radius 2 is 1.75 bits per heavy atom. The topological polar surface area (TPSA) is 29.1 Å². The zero-order valence-corrected chi connectivity index (χ0v) is 14.0. The number of nitrogens with one attached hydrogen (secondary N) is 1. The largest absolute Gasteiger partial charge is 0.312 e. The Morgan fingerprint density at radius 3 is 2.25 bits per heavy atom. The molecule has 1 aliphatic rings. The molecule has 0 radical (unpaired) electrons. The minimum Gasteiger partial charge on any atom is -0.312 e. The van der Waals surface area contributed by atoms with Crippen LogP contribution in [0, 0.1) is 20.8 Å². The lowest BCUT2D eigenvalue weighted by atomic mass is 9.95. The van der Waals surface area contributed by atoms with Crippen molar-refractivity contribution in [1.29, 1.82) is 0 Å². The highest BCUT2D eigenvalue weighted by Gasteiger charge is 2.25. The summed E-state index contributed by atoms with van der Waals surface area (Å²) in [5.74, 6) is 0.742. The smallest absolute Gasteiger partial charge is 0.0439 e. The predicted molar refractivity (Wildman–Crippen MR) is 87.7 cm³/mol. The Hall–Kier alpha value is -0.670. The SMILES string of the molecule is CNC(CS(=O)C1CCCC1)c1c(C)cc(C)cc1C. The van der Waals surface area contributed by atoms with E-state index in [1.165, 1.54) is 35.1 Å². The maximum Gasteiger partial charge on any atom is 0.0439 e. The van der Waals surface area contributed by atoms with E-state index in [9.17, 15) is 4.21 Å². The third-order valence-electron chi connectivity index (χ3n) is 4.44. The average molecular weight is 293 g/mol. The highest BCUT2D eigenvalue weighted by atomic mass is 32.2. The highest BCUT2D eigenvalue weighted by Crippen LogP contribution is 2.28. The van der Waals surface area contributed by atoms with E-state index in [0.717, 1.165) is 18.6 Å². The fourth-order valence-electron chi connectivity index (χ4n) is 3.50. The summed E-state index contributed by atoms with van der Waals surface area (Å²) in [7, 11) is 1.27. The summed E-state index contributed by atoms with van der Waals surface area (Å²) >= 11 is 0. The molecule has 112 valence electrons. The van der Waals surface area contributed by atoms with Gasteiger partial charge in [-0.2, -0.15) is 0 Å². The quantitative estimate of drug-likeness (QED) is 0.899. The van der Waals surface area contributed by atoms with Gasteiger partial charge in [0.1, 0.15) is 0 Å². The van der Waals surface area contributed by atoms with Gasteiger partial charge in [0, 0.05) is 27.8 Å². The van der Waals surface area contributed by atoms with Crippen LogP contribution in [-0.4, -0.2) is 22.3 Å². The molecule has 2 atom stereocenters. The summed E-state index contributed by atoms with van der Waals surface area (Å²) < 4.78 is 12.5. The number of benzene rings is 1. The van der Waals surface area contributed by atoms with Gasteiger partial charge in [-0.3, -0.25) is 4.21 Å². The van der Waals surface area contributed by atoms with E-state index < -0.39 is 10.8 Å². The molecule has 0 heterocycles. The number of hydrogen-bond acceptors (Lipinski definition) is 2. The fraction of sp³-hybridized carbons (Fsp3) is 0.647. The first kappa shape index (κ1) is 15.7. The average Bonchev–Trinajstić information content (AvgIpc) is 2.90. The first-order chi connectivity index (χ1) is 9.52. The van der Waals surface area contributed by atoms with Crippen molar-refractivity contribution in [3.05, 3.63) is 34.4 Å². The molecule has 1 N–H and O–H groups in total. The van der Waals surface area contributed by atoms with E-state index in [1.807, 2.05) is 7.05 Å². The molecule has 1 fully saturated rings. The van der Waals surface area contributed by atoms with Crippen molar-refractivity contribution in [2.24, 2.45) is 0 Å². The van der Waals surface area contributed by atoms with Crippen LogP contribution in [0.15, 0.2) is 12.1 Å². The number of rotatable bonds is 5. The molecule has 1 aliphatic carbocycles. The summed E-state index contributed by atoms with van der Waals surface area (Å²) in [4.78, 5) is 0. The summed E-state index contributed by atoms with van der Waals surface area (Å²) in [6.07, 6.45) is 4.80. The molecule has 2 nitrogen and oxygen atoms in total. The van der Waals surface area contributed by atoms with Gasteiger partial charge in [0.15, 0.2) is 0 Å². The third-order valence-corrected chi connectivity index (χ3v) is 6.32. The van der Waals surface area contributed by atoms with Crippen molar-refractivity contribution < 1.29 is 4.21 Å². The summed E-state index contributed by atoms with van der Waals surface area (Å²) in [5, 5.41) is 3.81. The molecule has 1 aromatic carbocycles. The van der Waals surface area contributed by atoms with Crippen molar-refractivity contribution in [2.45, 2.75) is 57.7 Å². The van der Waals surface area contributed by atoms with Crippen LogP contribution in [-0.2, 0) is 10.8 Å². The predicted octanol–water partition coefficient (Wildman–Crippen LogP) is 3.56. The third kappa shape index (κ3) is 3.50. The van der Waals surface area contributed by atoms with E-state index >= 15 is 0 Å². The second-order valence-corrected chi connectivity index (χ2v) is 7.87. The van der Waals surface area contributed by atoms with Crippen molar-refractivity contribution in [3.8, 4) is 0 Å². The van der Waals surface area contributed by atoms with E-state index in [-0.39, 0.29) is 6.04 Å². The van der Waals surface area contributed by atoms with Gasteiger partial charge in [0.25, 0.3) is 0 Å². The van der Waals surface area contributed by atoms with Crippen LogP contribution in [0.3, 0.4) is 0 Å². The molecule has 0 bridgehead atoms. The van der Waals surface area contributed by atoms with Crippen LogP contribution >= 0.6 is 0 Å². The molecule has 2 rings (SSSR count). The van der Waals surface area contributed by atoms with E-state index in [2.05, 4.69) is 38.2 Å². The Labute approximate surface area is 125 Å². The minimum absolute atomic E-state index is 0.206. The van der Waals surface area contributed by atoms with Crippen molar-refractivity contribution in [2.75, 3.05) is 12.8 Å². The first-order valence-electron chi connectivity index (χ1n) is 7.65. The van der Waals surface area contributed by atoms with Crippen LogP contribution < -0.4 is 5.32 Å². The van der Waals surface area contributed by atoms with E-state index in [4.69, 9.17) is 0 Å². The van der Waals surface area contributed by atoms with Crippen LogP contribution in [0.4, 0.5) is 0 Å². The van der Waals surface area contributed by atoms with Crippen LogP contribution in [0.5, 0.6) is 0 Å². The van der Waals surface area contributed by atoms with Gasteiger partial charge >= 0.3 is 0 Å². The fourth-order valence-corrected chi connectivity index (χ4v) is 5.30. The monoisotopic (exact) mass is 293 g/mol. The normalized spacial score (nSPS) is 19.2. The molecule has 3 heteroatoms. The van der Waals surface area contributed by atoms with Gasteiger partial charge in [0.2, 0.25) is 0 Å². The number of aryl methyl sites for hydroxylation is 3. The Bertz CT molecular complexity index is 469. The summed E-state index contributed by atoms with van der Waals surface area (Å²) in [6, 6.07) is 4.66. The van der Waals surface area contributed by atoms with Gasteiger partial charge in [-0.05, 0) is 57.4 Å². The van der Waals surface area contributed by atoms with Gasteiger partial charge in [0.05, 0.1) is 0 Å². The summed E-state index contributed by atoms with van der Waals surface area (Å²) in [5.41, 5.74) is 5.26. The Morgan fingerprint density at radius 1 is 1.20 bits per heavy atom. The molecule has 0 saturated heterocycles. The lowest BCUT2D eigenvalue weighted by Crippen LogP contribution is -2.27. The highest BCUT2D eigenvalue weighted by molar-refractivity contribution is 7.85. The van der Waals surface area contributed by atoms with Crippen molar-refractivity contribution in [3.63, 3.8) is 0 Å². The maximum absolute atomic E-state index is 12.5. The molecule has 1 saturated carbocycles. The molecule has 0 aliphatic heterocycles. The second-order valence-electron chi connectivity index (χ2n) is 6.11. The first-order valence-corrected chi connectivity index (χ1v) is 9.03. The van der Waals surface area contributed by atoms with Gasteiger partial charge in [-0.25, -0.2) is 0 Å². The van der Waals surface area contributed by atoms with Gasteiger partial charge < -0.3 is 5.32 Å². The molecule has 20 heavy (non-hydrogen) atoms. The van der Waals surface area contributed by atoms with Crippen LogP contribution in [0.1, 0.15) is 54.0 Å². The van der Waals surface area contributed by atoms with Gasteiger partial charge in [-0.15, -0.1) is 0 Å². The summed E-state index contributed by atoms with van der Waals surface area (Å²) in [6.45, 7) is 6.46. The Kier molecular flexibility index (Phi) is 5.39. The van der Waals surface area contributed by atoms with Crippen molar-refractivity contribution >= 4 is 10.8 Å². The molecule has 1 aromatic rings.